The number of phenols is 1. The van der Waals surface area contributed by atoms with Crippen molar-refractivity contribution in [2.45, 2.75) is 6.92 Å². The molecule has 3 nitrogen and oxygen atoms in total. The smallest absolute Gasteiger partial charge is 0.256 e. The number of carbonyl (C=O) groups excluding carboxylic acids is 1. The lowest BCUT2D eigenvalue weighted by Gasteiger charge is -2.09. The number of benzene rings is 3. The molecule has 4 heteroatoms. The fourth-order valence-corrected chi connectivity index (χ4v) is 3.08. The molecule has 0 fully saturated rings. The molecule has 0 heterocycles. The number of anilines is 1. The van der Waals surface area contributed by atoms with Crippen molar-refractivity contribution in [2.24, 2.45) is 0 Å². The van der Waals surface area contributed by atoms with Crippen LogP contribution in [0.3, 0.4) is 0 Å². The molecule has 0 saturated carbocycles. The normalized spacial score (nSPS) is 10.6. The molecule has 110 valence electrons. The van der Waals surface area contributed by atoms with Gasteiger partial charge in [-0.2, -0.15) is 0 Å². The maximum atomic E-state index is 12.5. The summed E-state index contributed by atoms with van der Waals surface area (Å²) < 4.78 is 0.922. The summed E-state index contributed by atoms with van der Waals surface area (Å²) in [4.78, 5) is 12.5. The summed E-state index contributed by atoms with van der Waals surface area (Å²) >= 11 is 3.43. The van der Waals surface area contributed by atoms with Crippen LogP contribution in [0.1, 0.15) is 15.9 Å². The van der Waals surface area contributed by atoms with Gasteiger partial charge in [-0.25, -0.2) is 0 Å². The van der Waals surface area contributed by atoms with Gasteiger partial charge >= 0.3 is 0 Å². The molecule has 0 unspecified atom stereocenters. The van der Waals surface area contributed by atoms with Gasteiger partial charge in [-0.15, -0.1) is 0 Å². The van der Waals surface area contributed by atoms with E-state index in [9.17, 15) is 9.90 Å². The van der Waals surface area contributed by atoms with E-state index >= 15 is 0 Å². The molecule has 0 atom stereocenters. The van der Waals surface area contributed by atoms with E-state index in [1.165, 1.54) is 0 Å². The van der Waals surface area contributed by atoms with Crippen LogP contribution < -0.4 is 5.32 Å². The lowest BCUT2D eigenvalue weighted by Crippen LogP contribution is -2.12. The van der Waals surface area contributed by atoms with Gasteiger partial charge in [0.05, 0.1) is 0 Å². The number of aromatic hydroxyl groups is 1. The minimum atomic E-state index is -0.172. The Hall–Kier alpha value is -2.33. The number of hydrogen-bond donors (Lipinski definition) is 2. The molecule has 3 aromatic rings. The standard InChI is InChI=1S/C18H14BrNO2/c1-11-7-13(19)10-14(8-11)20-18(22)17-4-2-3-12-9-15(21)5-6-16(12)17/h2-10,21H,1H3,(H,20,22). The van der Waals surface area contributed by atoms with Crippen LogP contribution in [0.25, 0.3) is 10.8 Å². The van der Waals surface area contributed by atoms with E-state index in [-0.39, 0.29) is 11.7 Å². The Kier molecular flexibility index (Phi) is 3.86. The van der Waals surface area contributed by atoms with Crippen LogP contribution >= 0.6 is 15.9 Å². The van der Waals surface area contributed by atoms with Crippen LogP contribution in [0.4, 0.5) is 5.69 Å². The summed E-state index contributed by atoms with van der Waals surface area (Å²) in [6, 6.07) is 16.2. The third kappa shape index (κ3) is 2.97. The topological polar surface area (TPSA) is 49.3 Å². The van der Waals surface area contributed by atoms with Crippen LogP contribution in [-0.2, 0) is 0 Å². The number of carbonyl (C=O) groups is 1. The summed E-state index contributed by atoms with van der Waals surface area (Å²) in [7, 11) is 0. The largest absolute Gasteiger partial charge is 0.508 e. The van der Waals surface area contributed by atoms with Gasteiger partial charge < -0.3 is 10.4 Å². The number of rotatable bonds is 2. The summed E-state index contributed by atoms with van der Waals surface area (Å²) in [6.45, 7) is 1.97. The van der Waals surface area contributed by atoms with Crippen molar-refractivity contribution >= 4 is 38.3 Å². The highest BCUT2D eigenvalue weighted by Crippen LogP contribution is 2.25. The number of nitrogens with one attached hydrogen (secondary N) is 1. The molecule has 0 spiro atoms. The predicted octanol–water partition coefficient (Wildman–Crippen LogP) is 4.87. The molecule has 1 amide bonds. The molecule has 0 aromatic heterocycles. The minimum Gasteiger partial charge on any atom is -0.508 e. The number of aryl methyl sites for hydroxylation is 1. The van der Waals surface area contributed by atoms with E-state index in [2.05, 4.69) is 21.2 Å². The molecule has 0 bridgehead atoms. The van der Waals surface area contributed by atoms with Gasteiger partial charge in [-0.1, -0.05) is 28.1 Å². The van der Waals surface area contributed by atoms with E-state index in [0.717, 1.165) is 26.5 Å². The maximum Gasteiger partial charge on any atom is 0.256 e. The Bertz CT molecular complexity index is 854. The zero-order valence-electron chi connectivity index (χ0n) is 11.9. The molecule has 3 rings (SSSR count). The number of phenolic OH excluding ortho intramolecular Hbond substituents is 1. The van der Waals surface area contributed by atoms with Gasteiger partial charge in [0.1, 0.15) is 5.75 Å². The Labute approximate surface area is 136 Å². The van der Waals surface area contributed by atoms with E-state index < -0.39 is 0 Å². The molecule has 0 aliphatic heterocycles. The minimum absolute atomic E-state index is 0.172. The molecule has 22 heavy (non-hydrogen) atoms. The highest BCUT2D eigenvalue weighted by Gasteiger charge is 2.11. The molecule has 0 radical (unpaired) electrons. The number of fused-ring (bicyclic) bond motifs is 1. The Morgan fingerprint density at radius 2 is 1.91 bits per heavy atom. The molecule has 0 aliphatic rings. The fraction of sp³-hybridized carbons (Fsp3) is 0.0556. The lowest BCUT2D eigenvalue weighted by molar-refractivity contribution is 0.102. The van der Waals surface area contributed by atoms with Gasteiger partial charge in [0.15, 0.2) is 0 Å². The second kappa shape index (κ2) is 5.81. The summed E-state index contributed by atoms with van der Waals surface area (Å²) in [5, 5.41) is 14.1. The van der Waals surface area contributed by atoms with E-state index in [4.69, 9.17) is 0 Å². The monoisotopic (exact) mass is 355 g/mol. The first-order valence-electron chi connectivity index (χ1n) is 6.83. The molecule has 0 saturated heterocycles. The van der Waals surface area contributed by atoms with Gasteiger partial charge in [0, 0.05) is 15.7 Å². The first-order valence-corrected chi connectivity index (χ1v) is 7.62. The van der Waals surface area contributed by atoms with Crippen molar-refractivity contribution in [1.82, 2.24) is 0 Å². The number of hydrogen-bond acceptors (Lipinski definition) is 2. The average Bonchev–Trinajstić information content (AvgIpc) is 2.45. The highest BCUT2D eigenvalue weighted by molar-refractivity contribution is 9.10. The summed E-state index contributed by atoms with van der Waals surface area (Å²) in [5.74, 6) is 0.0152. The molecule has 0 aliphatic carbocycles. The van der Waals surface area contributed by atoms with Crippen molar-refractivity contribution in [1.29, 1.82) is 0 Å². The zero-order valence-corrected chi connectivity index (χ0v) is 13.5. The third-order valence-electron chi connectivity index (χ3n) is 3.41. The number of amides is 1. The van der Waals surface area contributed by atoms with Crippen LogP contribution in [0, 0.1) is 6.92 Å². The van der Waals surface area contributed by atoms with Crippen LogP contribution in [-0.4, -0.2) is 11.0 Å². The van der Waals surface area contributed by atoms with Crippen LogP contribution in [0.5, 0.6) is 5.75 Å². The van der Waals surface area contributed by atoms with Gasteiger partial charge in [0.25, 0.3) is 5.91 Å². The predicted molar refractivity (Wildman–Crippen MR) is 92.4 cm³/mol. The second-order valence-corrected chi connectivity index (χ2v) is 6.10. The first kappa shape index (κ1) is 14.6. The molecular formula is C18H14BrNO2. The number of halogens is 1. The molecular weight excluding hydrogens is 342 g/mol. The summed E-state index contributed by atoms with van der Waals surface area (Å²) in [5.41, 5.74) is 2.38. The highest BCUT2D eigenvalue weighted by atomic mass is 79.9. The van der Waals surface area contributed by atoms with E-state index in [0.29, 0.717) is 5.56 Å². The Morgan fingerprint density at radius 1 is 1.09 bits per heavy atom. The van der Waals surface area contributed by atoms with Gasteiger partial charge in [-0.3, -0.25) is 4.79 Å². The lowest BCUT2D eigenvalue weighted by atomic mass is 10.0. The third-order valence-corrected chi connectivity index (χ3v) is 3.87. The molecule has 2 N–H and O–H groups in total. The Balaban J connectivity index is 1.98. The van der Waals surface area contributed by atoms with Gasteiger partial charge in [-0.05, 0) is 65.7 Å². The van der Waals surface area contributed by atoms with E-state index in [1.54, 1.807) is 24.3 Å². The van der Waals surface area contributed by atoms with Crippen LogP contribution in [0.2, 0.25) is 0 Å². The van der Waals surface area contributed by atoms with Crippen molar-refractivity contribution in [3.63, 3.8) is 0 Å². The van der Waals surface area contributed by atoms with E-state index in [1.807, 2.05) is 37.3 Å². The SMILES string of the molecule is Cc1cc(Br)cc(NC(=O)c2cccc3cc(O)ccc23)c1. The van der Waals surface area contributed by atoms with Crippen molar-refractivity contribution in [3.8, 4) is 5.75 Å². The summed E-state index contributed by atoms with van der Waals surface area (Å²) in [6.07, 6.45) is 0. The molecule has 3 aromatic carbocycles. The zero-order chi connectivity index (χ0) is 15.7. The maximum absolute atomic E-state index is 12.5. The van der Waals surface area contributed by atoms with Crippen LogP contribution in [0.15, 0.2) is 59.1 Å². The fourth-order valence-electron chi connectivity index (χ4n) is 2.48. The average molecular weight is 356 g/mol. The Morgan fingerprint density at radius 3 is 2.68 bits per heavy atom. The second-order valence-electron chi connectivity index (χ2n) is 5.18. The van der Waals surface area contributed by atoms with Crippen molar-refractivity contribution < 1.29 is 9.90 Å². The quantitative estimate of drug-likeness (QED) is 0.688. The van der Waals surface area contributed by atoms with Crippen molar-refractivity contribution in [2.75, 3.05) is 5.32 Å². The van der Waals surface area contributed by atoms with Gasteiger partial charge in [0.2, 0.25) is 0 Å². The van der Waals surface area contributed by atoms with Crippen molar-refractivity contribution in [3.05, 3.63) is 70.2 Å². The first-order chi connectivity index (χ1) is 10.5.